The Bertz CT molecular complexity index is 998. The van der Waals surface area contributed by atoms with E-state index in [1.807, 2.05) is 0 Å². The zero-order valence-corrected chi connectivity index (χ0v) is 17.0. The molecular formula is C21H23F3N4O3. The third kappa shape index (κ3) is 3.68. The predicted octanol–water partition coefficient (Wildman–Crippen LogP) is 4.14. The lowest BCUT2D eigenvalue weighted by Crippen LogP contribution is -2.38. The molecule has 3 aliphatic rings. The van der Waals surface area contributed by atoms with E-state index in [-0.39, 0.29) is 30.6 Å². The summed E-state index contributed by atoms with van der Waals surface area (Å²) >= 11 is 0. The summed E-state index contributed by atoms with van der Waals surface area (Å²) in [7, 11) is 0. The van der Waals surface area contributed by atoms with Crippen LogP contribution in [0.2, 0.25) is 0 Å². The van der Waals surface area contributed by atoms with Crippen LogP contribution in [0.25, 0.3) is 0 Å². The highest BCUT2D eigenvalue weighted by atomic mass is 19.4. The molecule has 3 aliphatic heterocycles. The minimum absolute atomic E-state index is 0.0395. The summed E-state index contributed by atoms with van der Waals surface area (Å²) in [6.07, 6.45) is -2.98. The monoisotopic (exact) mass is 436 g/mol. The highest BCUT2D eigenvalue weighted by Gasteiger charge is 2.47. The number of nitrogens with one attached hydrogen (secondary N) is 1. The van der Waals surface area contributed by atoms with Gasteiger partial charge in [-0.15, -0.1) is 0 Å². The van der Waals surface area contributed by atoms with Gasteiger partial charge in [-0.3, -0.25) is 4.79 Å². The first-order valence-corrected chi connectivity index (χ1v) is 10.4. The molecule has 1 saturated heterocycles. The summed E-state index contributed by atoms with van der Waals surface area (Å²) in [6, 6.07) is 4.11. The van der Waals surface area contributed by atoms with Crippen LogP contribution in [0.5, 0.6) is 11.5 Å². The molecule has 0 bridgehead atoms. The Morgan fingerprint density at radius 1 is 1.16 bits per heavy atom. The largest absolute Gasteiger partial charge is 0.454 e. The van der Waals surface area contributed by atoms with Crippen LogP contribution in [-0.4, -0.2) is 46.6 Å². The van der Waals surface area contributed by atoms with Crippen LogP contribution < -0.4 is 14.8 Å². The Morgan fingerprint density at radius 2 is 1.90 bits per heavy atom. The van der Waals surface area contributed by atoms with Crippen molar-refractivity contribution in [2.45, 2.75) is 44.4 Å². The van der Waals surface area contributed by atoms with Crippen molar-refractivity contribution in [3.05, 3.63) is 35.5 Å². The van der Waals surface area contributed by atoms with Crippen LogP contribution in [0.15, 0.2) is 24.3 Å². The highest BCUT2D eigenvalue weighted by Crippen LogP contribution is 2.45. The molecule has 0 spiro atoms. The van der Waals surface area contributed by atoms with Crippen molar-refractivity contribution in [1.82, 2.24) is 14.7 Å². The van der Waals surface area contributed by atoms with Gasteiger partial charge in [-0.2, -0.15) is 18.3 Å². The van der Waals surface area contributed by atoms with E-state index in [9.17, 15) is 18.0 Å². The van der Waals surface area contributed by atoms with E-state index >= 15 is 0 Å². The van der Waals surface area contributed by atoms with Crippen LogP contribution in [-0.2, 0) is 0 Å². The molecule has 1 N–H and O–H groups in total. The number of alkyl halides is 3. The molecule has 1 fully saturated rings. The summed E-state index contributed by atoms with van der Waals surface area (Å²) < 4.78 is 53.3. The van der Waals surface area contributed by atoms with Gasteiger partial charge < -0.3 is 19.7 Å². The average molecular weight is 436 g/mol. The van der Waals surface area contributed by atoms with Crippen molar-refractivity contribution >= 4 is 11.7 Å². The lowest BCUT2D eigenvalue weighted by Gasteiger charge is -2.33. The number of nitrogens with zero attached hydrogens (tertiary/aromatic N) is 3. The van der Waals surface area contributed by atoms with Gasteiger partial charge in [0.25, 0.3) is 5.91 Å². The van der Waals surface area contributed by atoms with Crippen molar-refractivity contribution in [2.24, 2.45) is 5.92 Å². The van der Waals surface area contributed by atoms with Crippen LogP contribution in [0, 0.1) is 5.92 Å². The molecule has 1 aromatic heterocycles. The zero-order chi connectivity index (χ0) is 21.8. The SMILES string of the molecule is CC1CCN(C(=O)c2cc3n(n2)[C@@H](C(F)(F)F)C[C@@H](c2ccc4c(c2)OCO4)N3)CC1. The topological polar surface area (TPSA) is 68.6 Å². The summed E-state index contributed by atoms with van der Waals surface area (Å²) in [4.78, 5) is 14.5. The van der Waals surface area contributed by atoms with E-state index in [1.54, 1.807) is 23.1 Å². The maximum Gasteiger partial charge on any atom is 0.410 e. The number of ether oxygens (including phenoxy) is 2. The first-order valence-electron chi connectivity index (χ1n) is 10.4. The second kappa shape index (κ2) is 7.35. The summed E-state index contributed by atoms with van der Waals surface area (Å²) in [5, 5.41) is 7.20. The fraction of sp³-hybridized carbons (Fsp3) is 0.524. The highest BCUT2D eigenvalue weighted by molar-refractivity contribution is 5.93. The molecule has 2 aromatic rings. The molecule has 7 nitrogen and oxygen atoms in total. The molecule has 0 radical (unpaired) electrons. The average Bonchev–Trinajstić information content (AvgIpc) is 3.38. The number of halogens is 3. The Kier molecular flexibility index (Phi) is 4.75. The van der Waals surface area contributed by atoms with Crippen molar-refractivity contribution in [1.29, 1.82) is 0 Å². The van der Waals surface area contributed by atoms with Gasteiger partial charge in [0.05, 0.1) is 6.04 Å². The maximum absolute atomic E-state index is 13.9. The van der Waals surface area contributed by atoms with Gasteiger partial charge in [0.1, 0.15) is 5.82 Å². The number of fused-ring (bicyclic) bond motifs is 2. The summed E-state index contributed by atoms with van der Waals surface area (Å²) in [6.45, 7) is 3.41. The number of rotatable bonds is 2. The molecule has 0 aliphatic carbocycles. The number of aromatic nitrogens is 2. The molecule has 0 unspecified atom stereocenters. The number of carbonyl (C=O) groups is 1. The first kappa shape index (κ1) is 20.0. The smallest absolute Gasteiger partial charge is 0.410 e. The molecule has 5 rings (SSSR count). The Labute approximate surface area is 177 Å². The molecule has 4 heterocycles. The summed E-state index contributed by atoms with van der Waals surface area (Å²) in [5.74, 6) is 1.48. The predicted molar refractivity (Wildman–Crippen MR) is 105 cm³/mol. The molecule has 1 amide bonds. The number of anilines is 1. The normalized spacial score (nSPS) is 23.4. The molecule has 166 valence electrons. The Hall–Kier alpha value is -2.91. The maximum atomic E-state index is 13.9. The number of amides is 1. The van der Waals surface area contributed by atoms with Crippen molar-refractivity contribution < 1.29 is 27.4 Å². The molecule has 10 heteroatoms. The number of hydrogen-bond donors (Lipinski definition) is 1. The molecule has 1 aromatic carbocycles. The van der Waals surface area contributed by atoms with Crippen molar-refractivity contribution in [3.63, 3.8) is 0 Å². The quantitative estimate of drug-likeness (QED) is 0.766. The minimum Gasteiger partial charge on any atom is -0.454 e. The third-order valence-corrected chi connectivity index (χ3v) is 6.28. The second-order valence-corrected chi connectivity index (χ2v) is 8.44. The molecule has 0 saturated carbocycles. The van der Waals surface area contributed by atoms with E-state index in [0.717, 1.165) is 17.5 Å². The number of benzene rings is 1. The molecular weight excluding hydrogens is 413 g/mol. The van der Waals surface area contributed by atoms with Gasteiger partial charge in [0.15, 0.2) is 23.2 Å². The van der Waals surface area contributed by atoms with Gasteiger partial charge in [-0.1, -0.05) is 13.0 Å². The number of likely N-dealkylation sites (tertiary alicyclic amines) is 1. The van der Waals surface area contributed by atoms with Crippen molar-refractivity contribution in [3.8, 4) is 11.5 Å². The van der Waals surface area contributed by atoms with E-state index in [0.29, 0.717) is 36.1 Å². The minimum atomic E-state index is -4.50. The van der Waals surface area contributed by atoms with E-state index in [2.05, 4.69) is 17.3 Å². The first-order chi connectivity index (χ1) is 14.8. The standard InChI is InChI=1S/C21H23F3N4O3/c1-12-4-6-27(7-5-12)20(29)15-10-19-25-14(9-18(21(22,23)24)28(19)26-15)13-2-3-16-17(8-13)31-11-30-16/h2-3,8,10,12,14,18,25H,4-7,9,11H2,1H3/t14-,18+/m0/s1. The lowest BCUT2D eigenvalue weighted by atomic mass is 9.96. The second-order valence-electron chi connectivity index (χ2n) is 8.44. The van der Waals surface area contributed by atoms with Crippen molar-refractivity contribution in [2.75, 3.05) is 25.2 Å². The fourth-order valence-corrected chi connectivity index (χ4v) is 4.40. The number of piperidine rings is 1. The van der Waals surface area contributed by atoms with Gasteiger partial charge in [0, 0.05) is 25.6 Å². The number of hydrogen-bond acceptors (Lipinski definition) is 5. The fourth-order valence-electron chi connectivity index (χ4n) is 4.40. The van der Waals surface area contributed by atoms with E-state index in [4.69, 9.17) is 9.47 Å². The van der Waals surface area contributed by atoms with E-state index < -0.39 is 18.3 Å². The van der Waals surface area contributed by atoms with Crippen LogP contribution in [0.3, 0.4) is 0 Å². The zero-order valence-electron chi connectivity index (χ0n) is 17.0. The van der Waals surface area contributed by atoms with Crippen LogP contribution >= 0.6 is 0 Å². The van der Waals surface area contributed by atoms with Gasteiger partial charge >= 0.3 is 6.18 Å². The Morgan fingerprint density at radius 3 is 2.65 bits per heavy atom. The molecule has 2 atom stereocenters. The van der Waals surface area contributed by atoms with Gasteiger partial charge in [-0.25, -0.2) is 4.68 Å². The van der Waals surface area contributed by atoms with Crippen LogP contribution in [0.4, 0.5) is 19.0 Å². The summed E-state index contributed by atoms with van der Waals surface area (Å²) in [5.41, 5.74) is 0.696. The van der Waals surface area contributed by atoms with E-state index in [1.165, 1.54) is 6.07 Å². The Balaban J connectivity index is 1.44. The van der Waals surface area contributed by atoms with Gasteiger partial charge in [-0.05, 0) is 36.5 Å². The van der Waals surface area contributed by atoms with Crippen LogP contribution in [0.1, 0.15) is 54.3 Å². The third-order valence-electron chi connectivity index (χ3n) is 6.28. The number of carbonyl (C=O) groups excluding carboxylic acids is 1. The molecule has 31 heavy (non-hydrogen) atoms. The lowest BCUT2D eigenvalue weighted by molar-refractivity contribution is -0.173. The van der Waals surface area contributed by atoms with Gasteiger partial charge in [0.2, 0.25) is 6.79 Å².